The quantitative estimate of drug-likeness (QED) is 0.548. The number of rotatable bonds is 1. The van der Waals surface area contributed by atoms with E-state index in [-0.39, 0.29) is 10.6 Å². The zero-order valence-corrected chi connectivity index (χ0v) is 9.14. The second kappa shape index (κ2) is 3.25. The molecular formula is C9H13NO3S. The molecule has 78 valence electrons. The first-order valence-electron chi connectivity index (χ1n) is 4.09. The van der Waals surface area contributed by atoms with Crippen LogP contribution in [-0.4, -0.2) is 13.0 Å². The summed E-state index contributed by atoms with van der Waals surface area (Å²) in [5, 5.41) is 0. The fraction of sp³-hybridized carbons (Fsp3) is 0.333. The van der Waals surface area contributed by atoms with E-state index in [1.807, 2.05) is 0 Å². The van der Waals surface area contributed by atoms with Gasteiger partial charge in [-0.1, -0.05) is 6.07 Å². The minimum Gasteiger partial charge on any atom is -0.397 e. The van der Waals surface area contributed by atoms with Gasteiger partial charge in [0.05, 0.1) is 5.69 Å². The van der Waals surface area contributed by atoms with E-state index in [0.717, 1.165) is 5.56 Å². The summed E-state index contributed by atoms with van der Waals surface area (Å²) in [6.07, 6.45) is 0. The Bertz CT molecular complexity index is 451. The fourth-order valence-corrected chi connectivity index (χ4v) is 2.39. The van der Waals surface area contributed by atoms with Gasteiger partial charge in [-0.25, -0.2) is 0 Å². The average molecular weight is 215 g/mol. The Morgan fingerprint density at radius 1 is 1.21 bits per heavy atom. The lowest BCUT2D eigenvalue weighted by molar-refractivity contribution is 0.483. The molecule has 0 saturated carbocycles. The van der Waals surface area contributed by atoms with Gasteiger partial charge in [-0.3, -0.25) is 4.55 Å². The molecule has 0 fully saturated rings. The van der Waals surface area contributed by atoms with E-state index in [4.69, 9.17) is 10.3 Å². The van der Waals surface area contributed by atoms with Gasteiger partial charge in [0.25, 0.3) is 10.1 Å². The topological polar surface area (TPSA) is 80.4 Å². The summed E-state index contributed by atoms with van der Waals surface area (Å²) in [5.41, 5.74) is 7.67. The average Bonchev–Trinajstić information content (AvgIpc) is 1.98. The van der Waals surface area contributed by atoms with Crippen LogP contribution in [-0.2, 0) is 10.1 Å². The molecule has 0 amide bonds. The van der Waals surface area contributed by atoms with E-state index >= 15 is 0 Å². The van der Waals surface area contributed by atoms with Crippen LogP contribution in [0, 0.1) is 20.8 Å². The molecule has 0 aliphatic heterocycles. The van der Waals surface area contributed by atoms with Gasteiger partial charge in [-0.05, 0) is 37.5 Å². The molecule has 0 atom stereocenters. The van der Waals surface area contributed by atoms with Crippen LogP contribution in [0.5, 0.6) is 0 Å². The molecule has 0 aliphatic rings. The largest absolute Gasteiger partial charge is 0.397 e. The van der Waals surface area contributed by atoms with Crippen molar-refractivity contribution in [3.8, 4) is 0 Å². The van der Waals surface area contributed by atoms with Crippen molar-refractivity contribution in [1.82, 2.24) is 0 Å². The number of nitrogen functional groups attached to an aromatic ring is 1. The van der Waals surface area contributed by atoms with E-state index in [1.54, 1.807) is 26.8 Å². The van der Waals surface area contributed by atoms with Gasteiger partial charge >= 0.3 is 0 Å². The molecule has 0 saturated heterocycles. The van der Waals surface area contributed by atoms with Gasteiger partial charge in [0.1, 0.15) is 4.90 Å². The molecule has 14 heavy (non-hydrogen) atoms. The Labute approximate surface area is 83.5 Å². The van der Waals surface area contributed by atoms with E-state index in [2.05, 4.69) is 0 Å². The standard InChI is InChI=1S/C9H13NO3S/c1-5-4-6(2)8(10)9(7(5)3)14(11,12)13/h4H,10H2,1-3H3,(H,11,12,13). The first-order chi connectivity index (χ1) is 6.25. The third-order valence-corrected chi connectivity index (χ3v) is 3.33. The molecule has 0 unspecified atom stereocenters. The van der Waals surface area contributed by atoms with Gasteiger partial charge in [-0.15, -0.1) is 0 Å². The van der Waals surface area contributed by atoms with Crippen LogP contribution < -0.4 is 5.73 Å². The SMILES string of the molecule is Cc1cc(C)c(N)c(S(=O)(=O)O)c1C. The first kappa shape index (κ1) is 11.0. The highest BCUT2D eigenvalue weighted by Gasteiger charge is 2.19. The summed E-state index contributed by atoms with van der Waals surface area (Å²) in [7, 11) is -4.23. The maximum absolute atomic E-state index is 11.1. The molecule has 1 rings (SSSR count). The zero-order chi connectivity index (χ0) is 11.1. The minimum absolute atomic E-state index is 0.121. The van der Waals surface area contributed by atoms with Crippen LogP contribution in [0.3, 0.4) is 0 Å². The molecule has 0 bridgehead atoms. The van der Waals surface area contributed by atoms with Gasteiger partial charge < -0.3 is 5.73 Å². The lowest BCUT2D eigenvalue weighted by Gasteiger charge is -2.11. The van der Waals surface area contributed by atoms with Crippen LogP contribution in [0.15, 0.2) is 11.0 Å². The van der Waals surface area contributed by atoms with Gasteiger partial charge in [0, 0.05) is 0 Å². The van der Waals surface area contributed by atoms with Crippen molar-refractivity contribution >= 4 is 15.8 Å². The fourth-order valence-electron chi connectivity index (χ4n) is 1.40. The molecular weight excluding hydrogens is 202 g/mol. The summed E-state index contributed by atoms with van der Waals surface area (Å²) in [6.45, 7) is 5.10. The van der Waals surface area contributed by atoms with Gasteiger partial charge in [0.15, 0.2) is 0 Å². The van der Waals surface area contributed by atoms with Gasteiger partial charge in [-0.2, -0.15) is 8.42 Å². The van der Waals surface area contributed by atoms with Crippen LogP contribution in [0.2, 0.25) is 0 Å². The molecule has 0 aliphatic carbocycles. The Balaban J connectivity index is 3.74. The smallest absolute Gasteiger partial charge is 0.296 e. The van der Waals surface area contributed by atoms with Crippen molar-refractivity contribution in [2.75, 3.05) is 5.73 Å². The third-order valence-electron chi connectivity index (χ3n) is 2.29. The molecule has 0 heterocycles. The minimum atomic E-state index is -4.23. The van der Waals surface area contributed by atoms with Crippen LogP contribution in [0.25, 0.3) is 0 Å². The monoisotopic (exact) mass is 215 g/mol. The summed E-state index contributed by atoms with van der Waals surface area (Å²) in [4.78, 5) is -0.171. The van der Waals surface area contributed by atoms with Crippen LogP contribution in [0.1, 0.15) is 16.7 Å². The number of anilines is 1. The normalized spacial score (nSPS) is 11.7. The second-order valence-corrected chi connectivity index (χ2v) is 4.71. The van der Waals surface area contributed by atoms with Crippen molar-refractivity contribution in [3.05, 3.63) is 22.8 Å². The maximum atomic E-state index is 11.1. The Kier molecular flexibility index (Phi) is 2.56. The number of hydrogen-bond acceptors (Lipinski definition) is 3. The molecule has 5 heteroatoms. The number of nitrogens with two attached hydrogens (primary N) is 1. The van der Waals surface area contributed by atoms with Crippen molar-refractivity contribution in [2.45, 2.75) is 25.7 Å². The van der Waals surface area contributed by atoms with Crippen molar-refractivity contribution in [2.24, 2.45) is 0 Å². The van der Waals surface area contributed by atoms with Crippen LogP contribution >= 0.6 is 0 Å². The van der Waals surface area contributed by atoms with Gasteiger partial charge in [0.2, 0.25) is 0 Å². The van der Waals surface area contributed by atoms with E-state index in [1.165, 1.54) is 0 Å². The van der Waals surface area contributed by atoms with Crippen molar-refractivity contribution in [3.63, 3.8) is 0 Å². The summed E-state index contributed by atoms with van der Waals surface area (Å²) < 4.78 is 31.1. The molecule has 4 nitrogen and oxygen atoms in total. The zero-order valence-electron chi connectivity index (χ0n) is 8.33. The Hall–Kier alpha value is -1.07. The number of hydrogen-bond donors (Lipinski definition) is 2. The molecule has 0 spiro atoms. The first-order valence-corrected chi connectivity index (χ1v) is 5.53. The second-order valence-electron chi connectivity index (χ2n) is 3.35. The lowest BCUT2D eigenvalue weighted by Crippen LogP contribution is -2.08. The lowest BCUT2D eigenvalue weighted by atomic mass is 10.1. The molecule has 1 aromatic rings. The number of benzene rings is 1. The van der Waals surface area contributed by atoms with E-state index in [9.17, 15) is 8.42 Å². The summed E-state index contributed by atoms with van der Waals surface area (Å²) in [6, 6.07) is 1.79. The summed E-state index contributed by atoms with van der Waals surface area (Å²) in [5.74, 6) is 0. The number of aryl methyl sites for hydroxylation is 2. The third kappa shape index (κ3) is 1.73. The molecule has 0 aromatic heterocycles. The van der Waals surface area contributed by atoms with Crippen LogP contribution in [0.4, 0.5) is 5.69 Å². The van der Waals surface area contributed by atoms with E-state index in [0.29, 0.717) is 11.1 Å². The molecule has 1 aromatic carbocycles. The molecule has 3 N–H and O–H groups in total. The van der Waals surface area contributed by atoms with Crippen molar-refractivity contribution in [1.29, 1.82) is 0 Å². The highest BCUT2D eigenvalue weighted by atomic mass is 32.2. The van der Waals surface area contributed by atoms with Crippen molar-refractivity contribution < 1.29 is 13.0 Å². The summed E-state index contributed by atoms with van der Waals surface area (Å²) >= 11 is 0. The molecule has 0 radical (unpaired) electrons. The predicted octanol–water partition coefficient (Wildman–Crippen LogP) is 1.44. The highest BCUT2D eigenvalue weighted by Crippen LogP contribution is 2.28. The van der Waals surface area contributed by atoms with E-state index < -0.39 is 10.1 Å². The Morgan fingerprint density at radius 3 is 2.14 bits per heavy atom. The predicted molar refractivity (Wildman–Crippen MR) is 54.9 cm³/mol. The maximum Gasteiger partial charge on any atom is 0.296 e. The Morgan fingerprint density at radius 2 is 1.71 bits per heavy atom. The highest BCUT2D eigenvalue weighted by molar-refractivity contribution is 7.86.